The zero-order valence-corrected chi connectivity index (χ0v) is 13.8. The molecular weight excluding hydrogens is 288 g/mol. The van der Waals surface area contributed by atoms with Crippen LogP contribution in [0.2, 0.25) is 0 Å². The number of hydrogen-bond acceptors (Lipinski definition) is 6. The molecule has 1 atom stereocenters. The molecule has 1 aliphatic rings. The highest BCUT2D eigenvalue weighted by Gasteiger charge is 2.32. The van der Waals surface area contributed by atoms with Crippen LogP contribution in [0.5, 0.6) is 0 Å². The number of morpholine rings is 1. The summed E-state index contributed by atoms with van der Waals surface area (Å²) in [5, 5.41) is 7.05. The second kappa shape index (κ2) is 7.29. The van der Waals surface area contributed by atoms with E-state index in [0.29, 0.717) is 11.4 Å². The maximum absolute atomic E-state index is 12.3. The molecule has 21 heavy (non-hydrogen) atoms. The van der Waals surface area contributed by atoms with Crippen LogP contribution in [0.4, 0.5) is 0 Å². The Morgan fingerprint density at radius 1 is 1.43 bits per heavy atom. The third-order valence-electron chi connectivity index (χ3n) is 4.26. The number of aryl methyl sites for hydroxylation is 1. The Morgan fingerprint density at radius 2 is 2.14 bits per heavy atom. The minimum absolute atomic E-state index is 0.0378. The third kappa shape index (κ3) is 3.78. The Labute approximate surface area is 130 Å². The molecule has 1 aliphatic heterocycles. The lowest BCUT2D eigenvalue weighted by Crippen LogP contribution is -2.56. The van der Waals surface area contributed by atoms with Gasteiger partial charge in [0.2, 0.25) is 0 Å². The lowest BCUT2D eigenvalue weighted by atomic mass is 9.95. The average molecular weight is 312 g/mol. The molecule has 7 heteroatoms. The number of aromatic nitrogens is 2. The summed E-state index contributed by atoms with van der Waals surface area (Å²) in [6.45, 7) is 10.3. The molecule has 0 spiro atoms. The molecule has 0 aromatic carbocycles. The number of rotatable bonds is 6. The zero-order chi connectivity index (χ0) is 15.3. The van der Waals surface area contributed by atoms with Crippen LogP contribution >= 0.6 is 11.5 Å². The smallest absolute Gasteiger partial charge is 0.265 e. The molecule has 0 bridgehead atoms. The predicted octanol–water partition coefficient (Wildman–Crippen LogP) is 1.33. The predicted molar refractivity (Wildman–Crippen MR) is 82.7 cm³/mol. The monoisotopic (exact) mass is 312 g/mol. The highest BCUT2D eigenvalue weighted by Crippen LogP contribution is 2.20. The summed E-state index contributed by atoms with van der Waals surface area (Å²) in [6, 6.07) is 0. The molecule has 0 saturated carbocycles. The van der Waals surface area contributed by atoms with E-state index >= 15 is 0 Å². The highest BCUT2D eigenvalue weighted by atomic mass is 32.1. The van der Waals surface area contributed by atoms with Crippen LogP contribution < -0.4 is 5.32 Å². The molecule has 2 rings (SSSR count). The first-order valence-electron chi connectivity index (χ1n) is 7.53. The van der Waals surface area contributed by atoms with Gasteiger partial charge in [0.15, 0.2) is 0 Å². The minimum atomic E-state index is -0.0604. The number of nitrogens with one attached hydrogen (secondary N) is 1. The highest BCUT2D eigenvalue weighted by molar-refractivity contribution is 7.08. The summed E-state index contributed by atoms with van der Waals surface area (Å²) in [5.41, 5.74) is 0.742. The van der Waals surface area contributed by atoms with Crippen molar-refractivity contribution in [1.82, 2.24) is 19.8 Å². The maximum Gasteiger partial charge on any atom is 0.265 e. The van der Waals surface area contributed by atoms with E-state index in [4.69, 9.17) is 4.74 Å². The SMILES string of the molecule is CCc1nnsc1C(=O)NC[C@](C)(CC)N1CCOCC1. The van der Waals surface area contributed by atoms with Crippen molar-refractivity contribution in [2.24, 2.45) is 0 Å². The van der Waals surface area contributed by atoms with Crippen LogP contribution in [-0.4, -0.2) is 58.8 Å². The second-order valence-electron chi connectivity index (χ2n) is 5.53. The van der Waals surface area contributed by atoms with E-state index in [1.54, 1.807) is 0 Å². The Bertz CT molecular complexity index is 473. The standard InChI is InChI=1S/C14H24N4O2S/c1-4-11-12(21-17-16-11)13(19)15-10-14(3,5-2)18-6-8-20-9-7-18/h4-10H2,1-3H3,(H,15,19)/t14-/m0/s1. The molecular formula is C14H24N4O2S. The number of nitrogens with zero attached hydrogens (tertiary/aromatic N) is 3. The van der Waals surface area contributed by atoms with Gasteiger partial charge in [-0.1, -0.05) is 18.3 Å². The molecule has 6 nitrogen and oxygen atoms in total. The second-order valence-corrected chi connectivity index (χ2v) is 6.29. The quantitative estimate of drug-likeness (QED) is 0.858. The van der Waals surface area contributed by atoms with Crippen molar-refractivity contribution >= 4 is 17.4 Å². The molecule has 1 saturated heterocycles. The van der Waals surface area contributed by atoms with Crippen molar-refractivity contribution in [2.75, 3.05) is 32.8 Å². The fourth-order valence-corrected chi connectivity index (χ4v) is 3.19. The van der Waals surface area contributed by atoms with Gasteiger partial charge in [0.25, 0.3) is 5.91 Å². The van der Waals surface area contributed by atoms with E-state index in [0.717, 1.165) is 44.8 Å². The molecule has 2 heterocycles. The number of hydrogen-bond donors (Lipinski definition) is 1. The molecule has 0 unspecified atom stereocenters. The summed E-state index contributed by atoms with van der Waals surface area (Å²) in [6.07, 6.45) is 1.71. The summed E-state index contributed by atoms with van der Waals surface area (Å²) >= 11 is 1.17. The Kier molecular flexibility index (Phi) is 5.66. The van der Waals surface area contributed by atoms with Crippen LogP contribution in [0.15, 0.2) is 0 Å². The number of carbonyl (C=O) groups excluding carboxylic acids is 1. The largest absolute Gasteiger partial charge is 0.379 e. The number of ether oxygens (including phenoxy) is 1. The molecule has 1 amide bonds. The van der Waals surface area contributed by atoms with Crippen LogP contribution in [0.1, 0.15) is 42.6 Å². The molecule has 0 aliphatic carbocycles. The van der Waals surface area contributed by atoms with Gasteiger partial charge in [-0.3, -0.25) is 9.69 Å². The van der Waals surface area contributed by atoms with Gasteiger partial charge in [-0.05, 0) is 31.3 Å². The van der Waals surface area contributed by atoms with E-state index in [1.165, 1.54) is 11.5 Å². The van der Waals surface area contributed by atoms with Crippen LogP contribution in [-0.2, 0) is 11.2 Å². The lowest BCUT2D eigenvalue weighted by Gasteiger charge is -2.43. The maximum atomic E-state index is 12.3. The minimum Gasteiger partial charge on any atom is -0.379 e. The first-order valence-corrected chi connectivity index (χ1v) is 8.30. The molecule has 1 fully saturated rings. The number of carbonyl (C=O) groups is 1. The molecule has 1 aromatic rings. The van der Waals surface area contributed by atoms with Crippen LogP contribution in [0, 0.1) is 0 Å². The molecule has 118 valence electrons. The van der Waals surface area contributed by atoms with Gasteiger partial charge in [-0.15, -0.1) is 5.10 Å². The van der Waals surface area contributed by atoms with Crippen LogP contribution in [0.25, 0.3) is 0 Å². The summed E-state index contributed by atoms with van der Waals surface area (Å²) in [5.74, 6) is -0.0604. The average Bonchev–Trinajstić information content (AvgIpc) is 3.01. The van der Waals surface area contributed by atoms with Crippen LogP contribution in [0.3, 0.4) is 0 Å². The van der Waals surface area contributed by atoms with Crippen molar-refractivity contribution < 1.29 is 9.53 Å². The van der Waals surface area contributed by atoms with Crippen molar-refractivity contribution in [2.45, 2.75) is 39.2 Å². The Balaban J connectivity index is 1.97. The number of amides is 1. The topological polar surface area (TPSA) is 67.4 Å². The lowest BCUT2D eigenvalue weighted by molar-refractivity contribution is -0.0169. The summed E-state index contributed by atoms with van der Waals surface area (Å²) in [4.78, 5) is 15.3. The van der Waals surface area contributed by atoms with Gasteiger partial charge in [-0.25, -0.2) is 0 Å². The first kappa shape index (κ1) is 16.3. The molecule has 1 aromatic heterocycles. The normalized spacial score (nSPS) is 19.2. The van der Waals surface area contributed by atoms with Gasteiger partial charge in [0.1, 0.15) is 4.88 Å². The van der Waals surface area contributed by atoms with E-state index in [-0.39, 0.29) is 11.4 Å². The van der Waals surface area contributed by atoms with Gasteiger partial charge in [0.05, 0.1) is 18.9 Å². The first-order chi connectivity index (χ1) is 10.1. The fourth-order valence-electron chi connectivity index (χ4n) is 2.53. The van der Waals surface area contributed by atoms with Gasteiger partial charge >= 0.3 is 0 Å². The van der Waals surface area contributed by atoms with Crippen molar-refractivity contribution in [3.63, 3.8) is 0 Å². The summed E-state index contributed by atoms with van der Waals surface area (Å²) in [7, 11) is 0. The van der Waals surface area contributed by atoms with E-state index in [2.05, 4.69) is 33.7 Å². The fraction of sp³-hybridized carbons (Fsp3) is 0.786. The van der Waals surface area contributed by atoms with Gasteiger partial charge in [0, 0.05) is 25.2 Å². The van der Waals surface area contributed by atoms with E-state index in [9.17, 15) is 4.79 Å². The van der Waals surface area contributed by atoms with Crippen molar-refractivity contribution in [3.8, 4) is 0 Å². The zero-order valence-electron chi connectivity index (χ0n) is 13.0. The Hall–Kier alpha value is -1.05. The van der Waals surface area contributed by atoms with Gasteiger partial charge in [-0.2, -0.15) is 0 Å². The molecule has 1 N–H and O–H groups in total. The molecule has 0 radical (unpaired) electrons. The summed E-state index contributed by atoms with van der Waals surface area (Å²) < 4.78 is 9.28. The Morgan fingerprint density at radius 3 is 2.76 bits per heavy atom. The van der Waals surface area contributed by atoms with E-state index < -0.39 is 0 Å². The third-order valence-corrected chi connectivity index (χ3v) is 5.03. The van der Waals surface area contributed by atoms with E-state index in [1.807, 2.05) is 6.92 Å². The van der Waals surface area contributed by atoms with Crippen molar-refractivity contribution in [3.05, 3.63) is 10.6 Å². The van der Waals surface area contributed by atoms with Crippen molar-refractivity contribution in [1.29, 1.82) is 0 Å². The van der Waals surface area contributed by atoms with Gasteiger partial charge < -0.3 is 10.1 Å².